The lowest BCUT2D eigenvalue weighted by atomic mass is 10.0. The van der Waals surface area contributed by atoms with E-state index in [2.05, 4.69) is 11.4 Å². The van der Waals surface area contributed by atoms with Gasteiger partial charge in [0.2, 0.25) is 0 Å². The van der Waals surface area contributed by atoms with Gasteiger partial charge < -0.3 is 15.0 Å². The van der Waals surface area contributed by atoms with Crippen molar-refractivity contribution in [3.05, 3.63) is 64.7 Å². The standard InChI is InChI=1S/C20H21F3N2O2/c1-25(2)17(14-5-8-18-15(11-14)9-10-27-18)12-24-19(26)13-3-6-16(7-4-13)20(21,22)23/h3-8,11,17H,9-10,12H2,1-2H3,(H,24,26). The summed E-state index contributed by atoms with van der Waals surface area (Å²) >= 11 is 0. The summed E-state index contributed by atoms with van der Waals surface area (Å²) in [6.45, 7) is 1.02. The summed E-state index contributed by atoms with van der Waals surface area (Å²) in [5.41, 5.74) is 1.62. The van der Waals surface area contributed by atoms with Crippen molar-refractivity contribution in [2.24, 2.45) is 0 Å². The first-order valence-corrected chi connectivity index (χ1v) is 8.63. The maximum Gasteiger partial charge on any atom is 0.416 e. The molecule has 2 aromatic carbocycles. The van der Waals surface area contributed by atoms with E-state index in [9.17, 15) is 18.0 Å². The van der Waals surface area contributed by atoms with Gasteiger partial charge in [-0.25, -0.2) is 0 Å². The molecule has 0 aromatic heterocycles. The van der Waals surface area contributed by atoms with Gasteiger partial charge in [-0.2, -0.15) is 13.2 Å². The lowest BCUT2D eigenvalue weighted by Gasteiger charge is -2.25. The zero-order valence-corrected chi connectivity index (χ0v) is 15.1. The Morgan fingerprint density at radius 3 is 2.52 bits per heavy atom. The molecular weight excluding hydrogens is 357 g/mol. The van der Waals surface area contributed by atoms with Crippen molar-refractivity contribution >= 4 is 5.91 Å². The third kappa shape index (κ3) is 4.42. The van der Waals surface area contributed by atoms with Crippen LogP contribution in [0.2, 0.25) is 0 Å². The highest BCUT2D eigenvalue weighted by atomic mass is 19.4. The molecule has 0 saturated carbocycles. The molecule has 0 bridgehead atoms. The number of hydrogen-bond donors (Lipinski definition) is 1. The van der Waals surface area contributed by atoms with E-state index in [0.29, 0.717) is 13.2 Å². The molecular formula is C20H21F3N2O2. The number of fused-ring (bicyclic) bond motifs is 1. The highest BCUT2D eigenvalue weighted by Crippen LogP contribution is 2.30. The summed E-state index contributed by atoms with van der Waals surface area (Å²) in [7, 11) is 3.83. The highest BCUT2D eigenvalue weighted by molar-refractivity contribution is 5.94. The minimum Gasteiger partial charge on any atom is -0.493 e. The predicted octanol–water partition coefficient (Wildman–Crippen LogP) is 3.67. The largest absolute Gasteiger partial charge is 0.493 e. The van der Waals surface area contributed by atoms with E-state index in [1.165, 1.54) is 12.1 Å². The average Bonchev–Trinajstić information content (AvgIpc) is 3.08. The number of carbonyl (C=O) groups is 1. The quantitative estimate of drug-likeness (QED) is 0.863. The normalized spacial score (nSPS) is 14.6. The van der Waals surface area contributed by atoms with Gasteiger partial charge in [0.1, 0.15) is 5.75 Å². The second kappa shape index (κ2) is 7.60. The number of nitrogens with zero attached hydrogens (tertiary/aromatic N) is 1. The minimum atomic E-state index is -4.41. The number of rotatable bonds is 5. The van der Waals surface area contributed by atoms with Gasteiger partial charge in [-0.3, -0.25) is 4.79 Å². The van der Waals surface area contributed by atoms with Gasteiger partial charge in [-0.1, -0.05) is 12.1 Å². The Kier molecular flexibility index (Phi) is 5.41. The fourth-order valence-electron chi connectivity index (χ4n) is 3.11. The van der Waals surface area contributed by atoms with Crippen LogP contribution in [0.25, 0.3) is 0 Å². The molecule has 4 nitrogen and oxygen atoms in total. The van der Waals surface area contributed by atoms with Crippen LogP contribution in [0, 0.1) is 0 Å². The Hall–Kier alpha value is -2.54. The van der Waals surface area contributed by atoms with Crippen molar-refractivity contribution in [3.8, 4) is 5.75 Å². The van der Waals surface area contributed by atoms with Gasteiger partial charge in [-0.05, 0) is 55.6 Å². The third-order valence-corrected chi connectivity index (χ3v) is 4.65. The predicted molar refractivity (Wildman–Crippen MR) is 95.8 cm³/mol. The molecule has 0 saturated heterocycles. The van der Waals surface area contributed by atoms with E-state index in [1.54, 1.807) is 0 Å². The van der Waals surface area contributed by atoms with Crippen LogP contribution in [0.5, 0.6) is 5.75 Å². The topological polar surface area (TPSA) is 41.6 Å². The maximum absolute atomic E-state index is 12.6. The van der Waals surface area contributed by atoms with Crippen molar-refractivity contribution in [1.29, 1.82) is 0 Å². The van der Waals surface area contributed by atoms with Crippen LogP contribution in [0.4, 0.5) is 13.2 Å². The Balaban J connectivity index is 1.68. The monoisotopic (exact) mass is 378 g/mol. The molecule has 7 heteroatoms. The average molecular weight is 378 g/mol. The number of halogens is 3. The van der Waals surface area contributed by atoms with E-state index < -0.39 is 17.6 Å². The first-order chi connectivity index (χ1) is 12.8. The van der Waals surface area contributed by atoms with Crippen molar-refractivity contribution in [2.75, 3.05) is 27.2 Å². The molecule has 1 aliphatic heterocycles. The van der Waals surface area contributed by atoms with E-state index in [0.717, 1.165) is 35.4 Å². The number of ether oxygens (including phenoxy) is 1. The zero-order valence-electron chi connectivity index (χ0n) is 15.1. The van der Waals surface area contributed by atoms with E-state index in [1.807, 2.05) is 31.1 Å². The molecule has 27 heavy (non-hydrogen) atoms. The van der Waals surface area contributed by atoms with Crippen molar-refractivity contribution < 1.29 is 22.7 Å². The first-order valence-electron chi connectivity index (χ1n) is 8.63. The number of amides is 1. The number of benzene rings is 2. The fraction of sp³-hybridized carbons (Fsp3) is 0.350. The van der Waals surface area contributed by atoms with Crippen molar-refractivity contribution in [3.63, 3.8) is 0 Å². The molecule has 1 amide bonds. The molecule has 1 heterocycles. The summed E-state index contributed by atoms with van der Waals surface area (Å²) in [4.78, 5) is 14.3. The summed E-state index contributed by atoms with van der Waals surface area (Å²) in [6.07, 6.45) is -3.55. The smallest absolute Gasteiger partial charge is 0.416 e. The van der Waals surface area contributed by atoms with E-state index in [4.69, 9.17) is 4.74 Å². The van der Waals surface area contributed by atoms with Crippen LogP contribution in [-0.2, 0) is 12.6 Å². The SMILES string of the molecule is CN(C)C(CNC(=O)c1ccc(C(F)(F)F)cc1)c1ccc2c(c1)CCO2. The molecule has 3 rings (SSSR count). The first kappa shape index (κ1) is 19.2. The van der Waals surface area contributed by atoms with Gasteiger partial charge in [0.05, 0.1) is 18.2 Å². The number of likely N-dealkylation sites (N-methyl/N-ethyl adjacent to an activating group) is 1. The molecule has 0 fully saturated rings. The number of carbonyl (C=O) groups excluding carboxylic acids is 1. The Morgan fingerprint density at radius 1 is 1.19 bits per heavy atom. The van der Waals surface area contributed by atoms with E-state index in [-0.39, 0.29) is 11.6 Å². The molecule has 1 N–H and O–H groups in total. The maximum atomic E-state index is 12.6. The second-order valence-electron chi connectivity index (χ2n) is 6.73. The minimum absolute atomic E-state index is 0.0608. The lowest BCUT2D eigenvalue weighted by molar-refractivity contribution is -0.137. The molecule has 0 aliphatic carbocycles. The molecule has 144 valence electrons. The van der Waals surface area contributed by atoms with Gasteiger partial charge in [0, 0.05) is 18.5 Å². The van der Waals surface area contributed by atoms with Crippen LogP contribution in [0.3, 0.4) is 0 Å². The van der Waals surface area contributed by atoms with Crippen LogP contribution in [0.1, 0.15) is 33.1 Å². The second-order valence-corrected chi connectivity index (χ2v) is 6.73. The Labute approximate surface area is 155 Å². The summed E-state index contributed by atoms with van der Waals surface area (Å²) in [6, 6.07) is 10.1. The molecule has 0 radical (unpaired) electrons. The molecule has 1 unspecified atom stereocenters. The van der Waals surface area contributed by atoms with Gasteiger partial charge in [0.15, 0.2) is 0 Å². The molecule has 1 aliphatic rings. The molecule has 1 atom stereocenters. The summed E-state index contributed by atoms with van der Waals surface area (Å²) in [5.74, 6) is 0.491. The molecule has 0 spiro atoms. The van der Waals surface area contributed by atoms with Crippen LogP contribution >= 0.6 is 0 Å². The van der Waals surface area contributed by atoms with Crippen LogP contribution in [0.15, 0.2) is 42.5 Å². The van der Waals surface area contributed by atoms with Crippen LogP contribution in [-0.4, -0.2) is 38.1 Å². The highest BCUT2D eigenvalue weighted by Gasteiger charge is 2.30. The fourth-order valence-corrected chi connectivity index (χ4v) is 3.11. The van der Waals surface area contributed by atoms with Crippen molar-refractivity contribution in [2.45, 2.75) is 18.6 Å². The zero-order chi connectivity index (χ0) is 19.6. The molecule has 2 aromatic rings. The van der Waals surface area contributed by atoms with Crippen LogP contribution < -0.4 is 10.1 Å². The van der Waals surface area contributed by atoms with Crippen molar-refractivity contribution in [1.82, 2.24) is 10.2 Å². The Morgan fingerprint density at radius 2 is 1.89 bits per heavy atom. The third-order valence-electron chi connectivity index (χ3n) is 4.65. The van der Waals surface area contributed by atoms with Gasteiger partial charge in [-0.15, -0.1) is 0 Å². The summed E-state index contributed by atoms with van der Waals surface area (Å²) < 4.78 is 43.4. The Bertz CT molecular complexity index is 817. The number of nitrogens with one attached hydrogen (secondary N) is 1. The van der Waals surface area contributed by atoms with Gasteiger partial charge >= 0.3 is 6.18 Å². The number of alkyl halides is 3. The number of hydrogen-bond acceptors (Lipinski definition) is 3. The van der Waals surface area contributed by atoms with E-state index >= 15 is 0 Å². The van der Waals surface area contributed by atoms with Gasteiger partial charge in [0.25, 0.3) is 5.91 Å². The summed E-state index contributed by atoms with van der Waals surface area (Å²) in [5, 5.41) is 2.81. The lowest BCUT2D eigenvalue weighted by Crippen LogP contribution is -2.34.